The van der Waals surface area contributed by atoms with Gasteiger partial charge in [0.1, 0.15) is 11.5 Å². The van der Waals surface area contributed by atoms with Crippen molar-refractivity contribution in [3.63, 3.8) is 0 Å². The largest absolute Gasteiger partial charge is 0.492 e. The van der Waals surface area contributed by atoms with E-state index in [2.05, 4.69) is 21.2 Å². The predicted molar refractivity (Wildman–Crippen MR) is 90.5 cm³/mol. The summed E-state index contributed by atoms with van der Waals surface area (Å²) in [5.41, 5.74) is 0.639. The Labute approximate surface area is 138 Å². The highest BCUT2D eigenvalue weighted by Gasteiger charge is 2.16. The zero-order valence-electron chi connectivity index (χ0n) is 12.5. The van der Waals surface area contributed by atoms with Crippen molar-refractivity contribution in [2.45, 2.75) is 20.0 Å². The van der Waals surface area contributed by atoms with Crippen LogP contribution in [-0.2, 0) is 4.79 Å². The molecule has 0 heterocycles. The topological polar surface area (TPSA) is 47.6 Å². The minimum atomic E-state index is -0.615. The number of halogens is 1. The first-order chi connectivity index (χ1) is 10.6. The molecule has 0 aliphatic carbocycles. The normalized spacial score (nSPS) is 11.6. The Morgan fingerprint density at radius 2 is 1.86 bits per heavy atom. The van der Waals surface area contributed by atoms with Gasteiger partial charge in [0.05, 0.1) is 12.3 Å². The molecule has 0 aliphatic heterocycles. The van der Waals surface area contributed by atoms with Crippen LogP contribution in [0, 0.1) is 0 Å². The van der Waals surface area contributed by atoms with E-state index in [-0.39, 0.29) is 5.91 Å². The van der Waals surface area contributed by atoms with E-state index in [1.54, 1.807) is 13.0 Å². The van der Waals surface area contributed by atoms with Gasteiger partial charge in [-0.1, -0.05) is 28.1 Å². The zero-order valence-corrected chi connectivity index (χ0v) is 14.1. The summed E-state index contributed by atoms with van der Waals surface area (Å²) in [5.74, 6) is 1.06. The Morgan fingerprint density at radius 3 is 2.55 bits per heavy atom. The molecule has 0 fully saturated rings. The first kappa shape index (κ1) is 16.4. The summed E-state index contributed by atoms with van der Waals surface area (Å²) in [6.45, 7) is 4.15. The minimum absolute atomic E-state index is 0.227. The predicted octanol–water partition coefficient (Wildman–Crippen LogP) is 4.25. The molecule has 1 amide bonds. The third-order valence-corrected chi connectivity index (χ3v) is 3.47. The van der Waals surface area contributed by atoms with Gasteiger partial charge in [0.25, 0.3) is 5.91 Å². The maximum Gasteiger partial charge on any atom is 0.265 e. The van der Waals surface area contributed by atoms with Crippen LogP contribution >= 0.6 is 15.9 Å². The molecule has 2 aromatic rings. The maximum atomic E-state index is 12.2. The standard InChI is InChI=1S/C17H18BrNO3/c1-3-21-16-7-5-4-6-15(16)19-17(20)12(2)22-14-10-8-13(18)9-11-14/h4-12H,3H2,1-2H3,(H,19,20). The Kier molecular flexibility index (Phi) is 5.83. The van der Waals surface area contributed by atoms with Crippen LogP contribution in [0.15, 0.2) is 53.0 Å². The summed E-state index contributed by atoms with van der Waals surface area (Å²) in [5, 5.41) is 2.83. The van der Waals surface area contributed by atoms with Crippen molar-refractivity contribution >= 4 is 27.5 Å². The highest BCUT2D eigenvalue weighted by molar-refractivity contribution is 9.10. The van der Waals surface area contributed by atoms with Gasteiger partial charge in [0.15, 0.2) is 6.10 Å². The van der Waals surface area contributed by atoms with Crippen molar-refractivity contribution in [3.05, 3.63) is 53.0 Å². The molecule has 0 radical (unpaired) electrons. The number of carbonyl (C=O) groups is 1. The Bertz CT molecular complexity index is 628. The lowest BCUT2D eigenvalue weighted by atomic mass is 10.2. The monoisotopic (exact) mass is 363 g/mol. The number of carbonyl (C=O) groups excluding carboxylic acids is 1. The van der Waals surface area contributed by atoms with E-state index in [0.29, 0.717) is 23.8 Å². The van der Waals surface area contributed by atoms with Gasteiger partial charge in [-0.25, -0.2) is 0 Å². The molecular formula is C17H18BrNO3. The van der Waals surface area contributed by atoms with Crippen molar-refractivity contribution in [2.24, 2.45) is 0 Å². The number of nitrogens with one attached hydrogen (secondary N) is 1. The number of para-hydroxylation sites is 2. The first-order valence-corrected chi connectivity index (χ1v) is 7.84. The van der Waals surface area contributed by atoms with Crippen molar-refractivity contribution in [2.75, 3.05) is 11.9 Å². The fraction of sp³-hybridized carbons (Fsp3) is 0.235. The van der Waals surface area contributed by atoms with Gasteiger partial charge in [0.2, 0.25) is 0 Å². The van der Waals surface area contributed by atoms with E-state index in [1.807, 2.05) is 49.4 Å². The summed E-state index contributed by atoms with van der Waals surface area (Å²) in [4.78, 5) is 12.2. The van der Waals surface area contributed by atoms with E-state index in [0.717, 1.165) is 4.47 Å². The Morgan fingerprint density at radius 1 is 1.18 bits per heavy atom. The summed E-state index contributed by atoms with van der Waals surface area (Å²) in [7, 11) is 0. The van der Waals surface area contributed by atoms with E-state index >= 15 is 0 Å². The second-order valence-corrected chi connectivity index (χ2v) is 5.55. The number of anilines is 1. The molecule has 1 atom stereocenters. The molecule has 0 saturated carbocycles. The first-order valence-electron chi connectivity index (χ1n) is 7.05. The summed E-state index contributed by atoms with van der Waals surface area (Å²) < 4.78 is 12.1. The number of hydrogen-bond donors (Lipinski definition) is 1. The number of benzene rings is 2. The zero-order chi connectivity index (χ0) is 15.9. The van der Waals surface area contributed by atoms with Gasteiger partial charge in [-0.15, -0.1) is 0 Å². The molecule has 0 saturated heterocycles. The van der Waals surface area contributed by atoms with Gasteiger partial charge >= 0.3 is 0 Å². The second kappa shape index (κ2) is 7.84. The average molecular weight is 364 g/mol. The lowest BCUT2D eigenvalue weighted by Gasteiger charge is -2.16. The summed E-state index contributed by atoms with van der Waals surface area (Å²) in [6.07, 6.45) is -0.615. The van der Waals surface area contributed by atoms with Gasteiger partial charge in [0, 0.05) is 4.47 Å². The highest BCUT2D eigenvalue weighted by Crippen LogP contribution is 2.24. The molecular weight excluding hydrogens is 346 g/mol. The van der Waals surface area contributed by atoms with E-state index in [9.17, 15) is 4.79 Å². The fourth-order valence-electron chi connectivity index (χ4n) is 1.86. The highest BCUT2D eigenvalue weighted by atomic mass is 79.9. The minimum Gasteiger partial charge on any atom is -0.492 e. The Balaban J connectivity index is 2.01. The summed E-state index contributed by atoms with van der Waals surface area (Å²) in [6, 6.07) is 14.7. The number of amides is 1. The molecule has 2 aromatic carbocycles. The van der Waals surface area contributed by atoms with E-state index in [1.165, 1.54) is 0 Å². The molecule has 1 N–H and O–H groups in total. The molecule has 5 heteroatoms. The Hall–Kier alpha value is -2.01. The third-order valence-electron chi connectivity index (χ3n) is 2.94. The van der Waals surface area contributed by atoms with Crippen LogP contribution in [0.1, 0.15) is 13.8 Å². The lowest BCUT2D eigenvalue weighted by Crippen LogP contribution is -2.30. The molecule has 22 heavy (non-hydrogen) atoms. The average Bonchev–Trinajstić information content (AvgIpc) is 2.51. The van der Waals surface area contributed by atoms with Crippen LogP contribution in [0.4, 0.5) is 5.69 Å². The second-order valence-electron chi connectivity index (χ2n) is 4.63. The SMILES string of the molecule is CCOc1ccccc1NC(=O)C(C)Oc1ccc(Br)cc1. The van der Waals surface area contributed by atoms with Crippen molar-refractivity contribution in [1.82, 2.24) is 0 Å². The molecule has 4 nitrogen and oxygen atoms in total. The smallest absolute Gasteiger partial charge is 0.265 e. The maximum absolute atomic E-state index is 12.2. The molecule has 0 aromatic heterocycles. The fourth-order valence-corrected chi connectivity index (χ4v) is 2.12. The van der Waals surface area contributed by atoms with Crippen molar-refractivity contribution in [3.8, 4) is 11.5 Å². The molecule has 0 aliphatic rings. The molecule has 1 unspecified atom stereocenters. The van der Waals surface area contributed by atoms with Crippen LogP contribution in [0.25, 0.3) is 0 Å². The molecule has 2 rings (SSSR count). The van der Waals surface area contributed by atoms with Crippen molar-refractivity contribution in [1.29, 1.82) is 0 Å². The number of rotatable bonds is 6. The van der Waals surface area contributed by atoms with Gasteiger partial charge < -0.3 is 14.8 Å². The lowest BCUT2D eigenvalue weighted by molar-refractivity contribution is -0.122. The van der Waals surface area contributed by atoms with E-state index < -0.39 is 6.10 Å². The number of ether oxygens (including phenoxy) is 2. The van der Waals surface area contributed by atoms with Crippen LogP contribution in [0.5, 0.6) is 11.5 Å². The molecule has 0 bridgehead atoms. The van der Waals surface area contributed by atoms with Gasteiger partial charge in [-0.2, -0.15) is 0 Å². The van der Waals surface area contributed by atoms with E-state index in [4.69, 9.17) is 9.47 Å². The van der Waals surface area contributed by atoms with Crippen LogP contribution in [0.3, 0.4) is 0 Å². The van der Waals surface area contributed by atoms with Crippen LogP contribution in [0.2, 0.25) is 0 Å². The third kappa shape index (κ3) is 4.49. The van der Waals surface area contributed by atoms with Gasteiger partial charge in [-0.3, -0.25) is 4.79 Å². The van der Waals surface area contributed by atoms with Crippen LogP contribution < -0.4 is 14.8 Å². The molecule has 116 valence electrons. The van der Waals surface area contributed by atoms with Gasteiger partial charge in [-0.05, 0) is 50.2 Å². The van der Waals surface area contributed by atoms with Crippen LogP contribution in [-0.4, -0.2) is 18.6 Å². The number of hydrogen-bond acceptors (Lipinski definition) is 3. The quantitative estimate of drug-likeness (QED) is 0.834. The summed E-state index contributed by atoms with van der Waals surface area (Å²) >= 11 is 3.36. The molecule has 0 spiro atoms. The van der Waals surface area contributed by atoms with Crippen molar-refractivity contribution < 1.29 is 14.3 Å².